The zero-order valence-electron chi connectivity index (χ0n) is 15.3. The molecule has 142 valence electrons. The molecule has 0 spiro atoms. The second kappa shape index (κ2) is 8.52. The van der Waals surface area contributed by atoms with E-state index in [0.29, 0.717) is 17.3 Å². The highest BCUT2D eigenvalue weighted by molar-refractivity contribution is 7.91. The monoisotopic (exact) mass is 388 g/mol. The molecule has 2 rings (SSSR count). The van der Waals surface area contributed by atoms with Crippen molar-refractivity contribution in [2.45, 2.75) is 57.1 Å². The first kappa shape index (κ1) is 21.9. The molecule has 2 N–H and O–H groups in total. The van der Waals surface area contributed by atoms with Crippen LogP contribution in [-0.4, -0.2) is 31.7 Å². The summed E-state index contributed by atoms with van der Waals surface area (Å²) in [7, 11) is -3.24. The van der Waals surface area contributed by atoms with Crippen LogP contribution in [0.25, 0.3) is 0 Å². The molecule has 1 aromatic carbocycles. The Labute approximate surface area is 157 Å². The molecular weight excluding hydrogens is 360 g/mol. The average molecular weight is 389 g/mol. The van der Waals surface area contributed by atoms with Gasteiger partial charge in [-0.15, -0.1) is 12.4 Å². The van der Waals surface area contributed by atoms with E-state index in [1.54, 1.807) is 45.0 Å². The summed E-state index contributed by atoms with van der Waals surface area (Å²) in [6.45, 7) is 8.03. The van der Waals surface area contributed by atoms with Crippen molar-refractivity contribution in [2.24, 2.45) is 5.92 Å². The molecule has 0 bridgehead atoms. The molecule has 1 aromatic rings. The number of nitrogens with one attached hydrogen (secondary N) is 2. The van der Waals surface area contributed by atoms with Gasteiger partial charge in [0.05, 0.1) is 10.5 Å². The van der Waals surface area contributed by atoms with Gasteiger partial charge >= 0.3 is 0 Å². The van der Waals surface area contributed by atoms with E-state index in [0.717, 1.165) is 19.4 Å². The molecule has 0 saturated carbocycles. The minimum Gasteiger partial charge on any atom is -0.326 e. The van der Waals surface area contributed by atoms with Gasteiger partial charge in [-0.3, -0.25) is 4.79 Å². The molecule has 25 heavy (non-hydrogen) atoms. The number of benzene rings is 1. The van der Waals surface area contributed by atoms with Crippen molar-refractivity contribution >= 4 is 33.8 Å². The minimum absolute atomic E-state index is 0. The van der Waals surface area contributed by atoms with E-state index in [9.17, 15) is 13.2 Å². The topological polar surface area (TPSA) is 75.3 Å². The van der Waals surface area contributed by atoms with E-state index in [2.05, 4.69) is 17.6 Å². The normalized spacial score (nSPS) is 21.3. The molecule has 2 atom stereocenters. The van der Waals surface area contributed by atoms with Crippen LogP contribution in [0.2, 0.25) is 0 Å². The van der Waals surface area contributed by atoms with Crippen molar-refractivity contribution in [3.63, 3.8) is 0 Å². The van der Waals surface area contributed by atoms with Gasteiger partial charge < -0.3 is 10.6 Å². The second-order valence-electron chi connectivity index (χ2n) is 7.64. The summed E-state index contributed by atoms with van der Waals surface area (Å²) in [6.07, 6.45) is 1.65. The van der Waals surface area contributed by atoms with Crippen LogP contribution < -0.4 is 10.6 Å². The number of carbonyl (C=O) groups excluding carboxylic acids is 1. The molecule has 1 amide bonds. The summed E-state index contributed by atoms with van der Waals surface area (Å²) >= 11 is 0. The van der Waals surface area contributed by atoms with E-state index in [1.165, 1.54) is 0 Å². The fourth-order valence-corrected chi connectivity index (χ4v) is 3.84. The third kappa shape index (κ3) is 5.97. The molecule has 0 aliphatic carbocycles. The number of piperidine rings is 1. The van der Waals surface area contributed by atoms with Crippen molar-refractivity contribution in [1.82, 2.24) is 5.32 Å². The van der Waals surface area contributed by atoms with E-state index < -0.39 is 14.6 Å². The molecule has 0 radical (unpaired) electrons. The molecule has 1 fully saturated rings. The second-order valence-corrected chi connectivity index (χ2v) is 10.4. The Morgan fingerprint density at radius 2 is 2.00 bits per heavy atom. The zero-order chi connectivity index (χ0) is 18.0. The summed E-state index contributed by atoms with van der Waals surface area (Å²) in [5, 5.41) is 6.27. The van der Waals surface area contributed by atoms with Gasteiger partial charge in [-0.25, -0.2) is 8.42 Å². The van der Waals surface area contributed by atoms with Crippen molar-refractivity contribution in [2.75, 3.05) is 11.9 Å². The Bertz CT molecular complexity index is 699. The average Bonchev–Trinajstić information content (AvgIpc) is 2.46. The number of halogens is 1. The van der Waals surface area contributed by atoms with Gasteiger partial charge in [-0.2, -0.15) is 0 Å². The van der Waals surface area contributed by atoms with E-state index in [-0.39, 0.29) is 30.0 Å². The highest BCUT2D eigenvalue weighted by Gasteiger charge is 2.29. The summed E-state index contributed by atoms with van der Waals surface area (Å²) in [4.78, 5) is 12.4. The Morgan fingerprint density at radius 1 is 1.32 bits per heavy atom. The number of rotatable bonds is 4. The molecule has 7 heteroatoms. The van der Waals surface area contributed by atoms with Gasteiger partial charge in [0, 0.05) is 17.6 Å². The first-order valence-electron chi connectivity index (χ1n) is 8.44. The Kier molecular flexibility index (Phi) is 7.47. The minimum atomic E-state index is -3.24. The van der Waals surface area contributed by atoms with Crippen LogP contribution in [0.15, 0.2) is 24.3 Å². The van der Waals surface area contributed by atoms with Gasteiger partial charge in [0.1, 0.15) is 0 Å². The number of carbonyl (C=O) groups is 1. The summed E-state index contributed by atoms with van der Waals surface area (Å²) in [5.41, 5.74) is 1.36. The standard InChI is InChI=1S/C18H28N2O3S.ClH/c1-13-10-15(8-9-19-13)17(21)20-16-7-5-6-14(11-16)12-24(22,23)18(2,3)4;/h5-7,11,13,15,19H,8-10,12H2,1-4H3,(H,20,21);1H/t13-,15-;/m0./s1. The quantitative estimate of drug-likeness (QED) is 0.830. The Balaban J connectivity index is 0.00000312. The molecule has 1 heterocycles. The van der Waals surface area contributed by atoms with Crippen LogP contribution in [0, 0.1) is 5.92 Å². The third-order valence-electron chi connectivity index (χ3n) is 4.48. The highest BCUT2D eigenvalue weighted by Crippen LogP contribution is 2.23. The number of amides is 1. The summed E-state index contributed by atoms with van der Waals surface area (Å²) in [5.74, 6) is -0.00712. The van der Waals surface area contributed by atoms with Crippen molar-refractivity contribution in [1.29, 1.82) is 0 Å². The largest absolute Gasteiger partial charge is 0.326 e. The summed E-state index contributed by atoms with van der Waals surface area (Å²) < 4.78 is 23.9. The number of hydrogen-bond donors (Lipinski definition) is 2. The van der Waals surface area contributed by atoms with E-state index in [1.807, 2.05) is 0 Å². The van der Waals surface area contributed by atoms with Crippen LogP contribution >= 0.6 is 12.4 Å². The predicted octanol–water partition coefficient (Wildman–Crippen LogP) is 3.15. The molecule has 5 nitrogen and oxygen atoms in total. The molecule has 0 aromatic heterocycles. The lowest BCUT2D eigenvalue weighted by Gasteiger charge is -2.27. The fraction of sp³-hybridized carbons (Fsp3) is 0.611. The summed E-state index contributed by atoms with van der Waals surface area (Å²) in [6, 6.07) is 7.47. The molecular formula is C18H29ClN2O3S. The number of anilines is 1. The van der Waals surface area contributed by atoms with Crippen LogP contribution in [0.5, 0.6) is 0 Å². The lowest BCUT2D eigenvalue weighted by Crippen LogP contribution is -2.40. The Hall–Kier alpha value is -1.11. The van der Waals surface area contributed by atoms with Gasteiger partial charge in [-0.1, -0.05) is 12.1 Å². The molecule has 1 aliphatic heterocycles. The highest BCUT2D eigenvalue weighted by atomic mass is 35.5. The van der Waals surface area contributed by atoms with Gasteiger partial charge in [0.25, 0.3) is 0 Å². The lowest BCUT2D eigenvalue weighted by molar-refractivity contribution is -0.120. The van der Waals surface area contributed by atoms with Crippen LogP contribution in [-0.2, 0) is 20.4 Å². The van der Waals surface area contributed by atoms with Gasteiger partial charge in [0.2, 0.25) is 5.91 Å². The maximum Gasteiger partial charge on any atom is 0.227 e. The van der Waals surface area contributed by atoms with E-state index in [4.69, 9.17) is 0 Å². The maximum absolute atomic E-state index is 12.4. The van der Waals surface area contributed by atoms with Crippen molar-refractivity contribution < 1.29 is 13.2 Å². The Morgan fingerprint density at radius 3 is 2.60 bits per heavy atom. The smallest absolute Gasteiger partial charge is 0.227 e. The van der Waals surface area contributed by atoms with Gasteiger partial charge in [0.15, 0.2) is 9.84 Å². The first-order valence-corrected chi connectivity index (χ1v) is 10.1. The van der Waals surface area contributed by atoms with Crippen LogP contribution in [0.3, 0.4) is 0 Å². The maximum atomic E-state index is 12.4. The van der Waals surface area contributed by atoms with E-state index >= 15 is 0 Å². The first-order chi connectivity index (χ1) is 11.1. The SMILES string of the molecule is C[C@H]1C[C@@H](C(=O)Nc2cccc(CS(=O)(=O)C(C)(C)C)c2)CCN1.Cl. The van der Waals surface area contributed by atoms with Crippen molar-refractivity contribution in [3.8, 4) is 0 Å². The zero-order valence-corrected chi connectivity index (χ0v) is 17.0. The number of hydrogen-bond acceptors (Lipinski definition) is 4. The van der Waals surface area contributed by atoms with Gasteiger partial charge in [-0.05, 0) is 64.8 Å². The van der Waals surface area contributed by atoms with Crippen LogP contribution in [0.1, 0.15) is 46.1 Å². The van der Waals surface area contributed by atoms with Crippen molar-refractivity contribution in [3.05, 3.63) is 29.8 Å². The number of sulfone groups is 1. The fourth-order valence-electron chi connectivity index (χ4n) is 2.79. The van der Waals surface area contributed by atoms with Crippen LogP contribution in [0.4, 0.5) is 5.69 Å². The molecule has 1 aliphatic rings. The molecule has 1 saturated heterocycles. The predicted molar refractivity (Wildman–Crippen MR) is 105 cm³/mol. The third-order valence-corrected chi connectivity index (χ3v) is 7.06. The lowest BCUT2D eigenvalue weighted by atomic mass is 9.92. The molecule has 0 unspecified atom stereocenters.